The highest BCUT2D eigenvalue weighted by Gasteiger charge is 2.29. The number of aryl methyl sites for hydroxylation is 2. The Morgan fingerprint density at radius 1 is 1.50 bits per heavy atom. The first-order valence-corrected chi connectivity index (χ1v) is 8.77. The van der Waals surface area contributed by atoms with E-state index in [-0.39, 0.29) is 0 Å². The molecule has 0 bridgehead atoms. The van der Waals surface area contributed by atoms with Crippen LogP contribution in [0, 0.1) is 0 Å². The Labute approximate surface area is 131 Å². The number of rotatable bonds is 5. The molecule has 1 aliphatic heterocycles. The van der Waals surface area contributed by atoms with Gasteiger partial charge in [-0.3, -0.25) is 4.68 Å². The van der Waals surface area contributed by atoms with Crippen molar-refractivity contribution in [2.75, 3.05) is 32.1 Å². The van der Waals surface area contributed by atoms with Gasteiger partial charge in [0, 0.05) is 43.6 Å². The van der Waals surface area contributed by atoms with Crippen LogP contribution in [0.4, 0.5) is 0 Å². The second kappa shape index (κ2) is 7.16. The number of nitrogens with one attached hydrogen (secondary N) is 1. The van der Waals surface area contributed by atoms with E-state index >= 15 is 0 Å². The quantitative estimate of drug-likeness (QED) is 0.898. The van der Waals surface area contributed by atoms with Gasteiger partial charge in [0.2, 0.25) is 0 Å². The molecule has 114 valence electrons. The van der Waals surface area contributed by atoms with E-state index in [9.17, 15) is 0 Å². The average Bonchev–Trinajstić information content (AvgIpc) is 2.72. The van der Waals surface area contributed by atoms with Crippen LogP contribution in [0.3, 0.4) is 0 Å². The van der Waals surface area contributed by atoms with Crippen LogP contribution in [0.1, 0.15) is 18.3 Å². The van der Waals surface area contributed by atoms with Gasteiger partial charge in [-0.2, -0.15) is 16.9 Å². The van der Waals surface area contributed by atoms with Gasteiger partial charge in [-0.15, -0.1) is 0 Å². The van der Waals surface area contributed by atoms with Crippen molar-refractivity contribution >= 4 is 23.4 Å². The van der Waals surface area contributed by atoms with Crippen molar-refractivity contribution in [3.8, 4) is 0 Å². The van der Waals surface area contributed by atoms with Crippen molar-refractivity contribution in [1.29, 1.82) is 0 Å². The zero-order chi connectivity index (χ0) is 14.7. The summed E-state index contributed by atoms with van der Waals surface area (Å²) in [5.74, 6) is 2.41. The highest BCUT2D eigenvalue weighted by molar-refractivity contribution is 7.99. The van der Waals surface area contributed by atoms with Gasteiger partial charge in [0.25, 0.3) is 0 Å². The number of halogens is 1. The molecule has 0 saturated carbocycles. The zero-order valence-electron chi connectivity index (χ0n) is 12.8. The van der Waals surface area contributed by atoms with E-state index in [1.165, 1.54) is 11.5 Å². The molecule has 2 rings (SSSR count). The highest BCUT2D eigenvalue weighted by Crippen LogP contribution is 2.25. The van der Waals surface area contributed by atoms with Crippen molar-refractivity contribution in [2.45, 2.75) is 31.8 Å². The second-order valence-corrected chi connectivity index (χ2v) is 6.93. The average molecular weight is 317 g/mol. The van der Waals surface area contributed by atoms with Gasteiger partial charge in [0.15, 0.2) is 0 Å². The van der Waals surface area contributed by atoms with E-state index in [4.69, 9.17) is 11.6 Å². The molecule has 1 fully saturated rings. The maximum atomic E-state index is 6.48. The molecule has 0 amide bonds. The van der Waals surface area contributed by atoms with Crippen molar-refractivity contribution in [2.24, 2.45) is 7.05 Å². The van der Waals surface area contributed by atoms with E-state index in [1.54, 1.807) is 0 Å². The van der Waals surface area contributed by atoms with E-state index in [0.717, 1.165) is 35.8 Å². The summed E-state index contributed by atoms with van der Waals surface area (Å²) in [6, 6.07) is 0.959. The molecule has 4 nitrogen and oxygen atoms in total. The Morgan fingerprint density at radius 2 is 2.25 bits per heavy atom. The standard InChI is InChI=1S/C14H25ClN4S/c1-5-10-14(15)12(19(4)17-10)8-11(16-2)13-9-20-7-6-18(13)3/h11,13,16H,5-9H2,1-4H3. The summed E-state index contributed by atoms with van der Waals surface area (Å²) in [5.41, 5.74) is 2.15. The topological polar surface area (TPSA) is 33.1 Å². The summed E-state index contributed by atoms with van der Waals surface area (Å²) in [4.78, 5) is 2.46. The molecule has 2 unspecified atom stereocenters. The molecule has 2 heterocycles. The van der Waals surface area contributed by atoms with Gasteiger partial charge in [-0.05, 0) is 20.5 Å². The van der Waals surface area contributed by atoms with Crippen LogP contribution in [0.25, 0.3) is 0 Å². The minimum atomic E-state index is 0.408. The third-order valence-electron chi connectivity index (χ3n) is 4.19. The Kier molecular flexibility index (Phi) is 5.78. The molecule has 0 aliphatic carbocycles. The summed E-state index contributed by atoms with van der Waals surface area (Å²) in [6.45, 7) is 3.26. The molecule has 0 spiro atoms. The predicted octanol–water partition coefficient (Wildman–Crippen LogP) is 1.81. The van der Waals surface area contributed by atoms with E-state index < -0.39 is 0 Å². The fourth-order valence-corrected chi connectivity index (χ4v) is 4.49. The molecule has 1 aromatic heterocycles. The predicted molar refractivity (Wildman–Crippen MR) is 87.9 cm³/mol. The van der Waals surface area contributed by atoms with Crippen LogP contribution < -0.4 is 5.32 Å². The van der Waals surface area contributed by atoms with E-state index in [0.29, 0.717) is 12.1 Å². The number of likely N-dealkylation sites (N-methyl/N-ethyl adjacent to an activating group) is 2. The van der Waals surface area contributed by atoms with E-state index in [2.05, 4.69) is 29.3 Å². The van der Waals surface area contributed by atoms with Crippen LogP contribution in [0.2, 0.25) is 5.02 Å². The minimum absolute atomic E-state index is 0.408. The molecule has 1 saturated heterocycles. The van der Waals surface area contributed by atoms with Gasteiger partial charge in [0.1, 0.15) is 0 Å². The van der Waals surface area contributed by atoms with Crippen LogP contribution in [-0.4, -0.2) is 58.9 Å². The first-order valence-electron chi connectivity index (χ1n) is 7.24. The molecule has 1 N–H and O–H groups in total. The lowest BCUT2D eigenvalue weighted by molar-refractivity contribution is 0.217. The summed E-state index contributed by atoms with van der Waals surface area (Å²) < 4.78 is 1.95. The van der Waals surface area contributed by atoms with Crippen molar-refractivity contribution < 1.29 is 0 Å². The van der Waals surface area contributed by atoms with Gasteiger partial charge >= 0.3 is 0 Å². The molecule has 2 atom stereocenters. The third kappa shape index (κ3) is 3.32. The molecule has 6 heteroatoms. The monoisotopic (exact) mass is 316 g/mol. The number of aromatic nitrogens is 2. The molecular weight excluding hydrogens is 292 g/mol. The van der Waals surface area contributed by atoms with Gasteiger partial charge in [-0.25, -0.2) is 0 Å². The minimum Gasteiger partial charge on any atom is -0.315 e. The van der Waals surface area contributed by atoms with Gasteiger partial charge < -0.3 is 10.2 Å². The van der Waals surface area contributed by atoms with Crippen molar-refractivity contribution in [3.63, 3.8) is 0 Å². The second-order valence-electron chi connectivity index (χ2n) is 5.41. The van der Waals surface area contributed by atoms with Gasteiger partial charge in [0.05, 0.1) is 16.4 Å². The van der Waals surface area contributed by atoms with E-state index in [1.807, 2.05) is 30.5 Å². The first-order chi connectivity index (χ1) is 9.58. The van der Waals surface area contributed by atoms with Gasteiger partial charge in [-0.1, -0.05) is 18.5 Å². The lowest BCUT2D eigenvalue weighted by atomic mass is 10.0. The third-order valence-corrected chi connectivity index (χ3v) is 5.68. The fraction of sp³-hybridized carbons (Fsp3) is 0.786. The Morgan fingerprint density at radius 3 is 2.80 bits per heavy atom. The zero-order valence-corrected chi connectivity index (χ0v) is 14.4. The number of nitrogens with zero attached hydrogens (tertiary/aromatic N) is 3. The molecular formula is C14H25ClN4S. The summed E-state index contributed by atoms with van der Waals surface area (Å²) in [5, 5.41) is 8.84. The fourth-order valence-electron chi connectivity index (χ4n) is 2.81. The largest absolute Gasteiger partial charge is 0.315 e. The Hall–Kier alpha value is -0.230. The molecule has 1 aromatic rings. The lowest BCUT2D eigenvalue weighted by Gasteiger charge is -2.37. The maximum Gasteiger partial charge on any atom is 0.0850 e. The van der Waals surface area contributed by atoms with Crippen LogP contribution in [0.15, 0.2) is 0 Å². The molecule has 20 heavy (non-hydrogen) atoms. The summed E-state index contributed by atoms with van der Waals surface area (Å²) in [6.07, 6.45) is 1.81. The van der Waals surface area contributed by atoms with Crippen molar-refractivity contribution in [1.82, 2.24) is 20.0 Å². The Balaban J connectivity index is 2.15. The van der Waals surface area contributed by atoms with Crippen LogP contribution >= 0.6 is 23.4 Å². The van der Waals surface area contributed by atoms with Crippen LogP contribution in [0.5, 0.6) is 0 Å². The van der Waals surface area contributed by atoms with Crippen LogP contribution in [-0.2, 0) is 19.9 Å². The Bertz CT molecular complexity index is 449. The SMILES string of the molecule is CCc1nn(C)c(CC(NC)C2CSCCN2C)c1Cl. The first kappa shape index (κ1) is 16.1. The molecule has 0 radical (unpaired) electrons. The lowest BCUT2D eigenvalue weighted by Crippen LogP contribution is -2.53. The number of thioether (sulfide) groups is 1. The summed E-state index contributed by atoms with van der Waals surface area (Å²) in [7, 11) is 6.26. The van der Waals surface area contributed by atoms with Crippen molar-refractivity contribution in [3.05, 3.63) is 16.4 Å². The smallest absolute Gasteiger partial charge is 0.0850 e. The molecule has 0 aromatic carbocycles. The molecule has 1 aliphatic rings. The normalized spacial score (nSPS) is 22.1. The maximum absolute atomic E-state index is 6.48. The number of hydrogen-bond donors (Lipinski definition) is 1. The number of hydrogen-bond acceptors (Lipinski definition) is 4. The summed E-state index contributed by atoms with van der Waals surface area (Å²) >= 11 is 8.52. The highest BCUT2D eigenvalue weighted by atomic mass is 35.5.